The van der Waals surface area contributed by atoms with E-state index in [4.69, 9.17) is 10.5 Å². The molecule has 3 N–H and O–H groups in total. The fourth-order valence-corrected chi connectivity index (χ4v) is 4.07. The Bertz CT molecular complexity index is 1060. The highest BCUT2D eigenvalue weighted by Gasteiger charge is 2.26. The maximum absolute atomic E-state index is 12.2. The van der Waals surface area contributed by atoms with Crippen LogP contribution < -0.4 is 15.8 Å². The average molecular weight is 420 g/mol. The Morgan fingerprint density at radius 2 is 1.87 bits per heavy atom. The summed E-state index contributed by atoms with van der Waals surface area (Å²) in [7, 11) is 0. The molecule has 6 nitrogen and oxygen atoms in total. The number of pyridine rings is 1. The molecule has 0 bridgehead atoms. The lowest BCUT2D eigenvalue weighted by molar-refractivity contribution is -0.118. The van der Waals surface area contributed by atoms with Crippen LogP contribution in [0.1, 0.15) is 15.9 Å². The van der Waals surface area contributed by atoms with Gasteiger partial charge in [0.1, 0.15) is 11.9 Å². The second-order valence-corrected chi connectivity index (χ2v) is 8.00. The first kappa shape index (κ1) is 20.0. The molecule has 1 aliphatic rings. The van der Waals surface area contributed by atoms with Crippen molar-refractivity contribution in [2.75, 3.05) is 12.3 Å². The zero-order chi connectivity index (χ0) is 20.9. The molecule has 2 aromatic carbocycles. The molecule has 1 aromatic heterocycles. The highest BCUT2D eigenvalue weighted by atomic mass is 32.2. The Morgan fingerprint density at radius 3 is 2.60 bits per heavy atom. The SMILES string of the molecule is NC(=O)c1ccc(-c2cccc3c2OC(CNC(=O)CSc2ccncc2)C3)cc1. The van der Waals surface area contributed by atoms with Crippen LogP contribution in [0.25, 0.3) is 11.1 Å². The lowest BCUT2D eigenvalue weighted by Gasteiger charge is -2.14. The number of primary amides is 1. The van der Waals surface area contributed by atoms with E-state index >= 15 is 0 Å². The summed E-state index contributed by atoms with van der Waals surface area (Å²) in [6.07, 6.45) is 4.05. The molecular weight excluding hydrogens is 398 g/mol. The lowest BCUT2D eigenvalue weighted by atomic mass is 9.99. The van der Waals surface area contributed by atoms with Gasteiger partial charge in [0, 0.05) is 34.8 Å². The molecular formula is C23H21N3O3S. The molecule has 2 heterocycles. The van der Waals surface area contributed by atoms with Crippen LogP contribution >= 0.6 is 11.8 Å². The number of para-hydroxylation sites is 1. The van der Waals surface area contributed by atoms with Crippen molar-refractivity contribution in [3.8, 4) is 16.9 Å². The van der Waals surface area contributed by atoms with Gasteiger partial charge in [-0.1, -0.05) is 30.3 Å². The van der Waals surface area contributed by atoms with E-state index in [0.29, 0.717) is 17.9 Å². The van der Waals surface area contributed by atoms with Gasteiger partial charge in [-0.2, -0.15) is 0 Å². The third kappa shape index (κ3) is 4.63. The van der Waals surface area contributed by atoms with Crippen molar-refractivity contribution >= 4 is 23.6 Å². The van der Waals surface area contributed by atoms with Gasteiger partial charge >= 0.3 is 0 Å². The van der Waals surface area contributed by atoms with Crippen LogP contribution in [0, 0.1) is 0 Å². The summed E-state index contributed by atoms with van der Waals surface area (Å²) in [5.74, 6) is 0.698. The fourth-order valence-electron chi connectivity index (χ4n) is 3.36. The number of hydrogen-bond acceptors (Lipinski definition) is 5. The van der Waals surface area contributed by atoms with Crippen LogP contribution in [0.2, 0.25) is 0 Å². The number of amides is 2. The van der Waals surface area contributed by atoms with Crippen molar-refractivity contribution < 1.29 is 14.3 Å². The number of hydrogen-bond donors (Lipinski definition) is 2. The van der Waals surface area contributed by atoms with Crippen molar-refractivity contribution in [2.45, 2.75) is 17.4 Å². The van der Waals surface area contributed by atoms with Gasteiger partial charge in [-0.25, -0.2) is 0 Å². The minimum atomic E-state index is -0.450. The summed E-state index contributed by atoms with van der Waals surface area (Å²) in [5, 5.41) is 2.96. The standard InChI is InChI=1S/C23H21N3O3S/c24-23(28)16-6-4-15(5-7-16)20-3-1-2-17-12-18(29-22(17)20)13-26-21(27)14-30-19-8-10-25-11-9-19/h1-11,18H,12-14H2,(H2,24,28)(H,26,27). The monoisotopic (exact) mass is 419 g/mol. The van der Waals surface area contributed by atoms with Gasteiger partial charge in [-0.05, 0) is 35.4 Å². The quantitative estimate of drug-likeness (QED) is 0.574. The Hall–Kier alpha value is -3.32. The highest BCUT2D eigenvalue weighted by Crippen LogP contribution is 2.38. The zero-order valence-corrected chi connectivity index (χ0v) is 17.0. The van der Waals surface area contributed by atoms with Crippen molar-refractivity contribution in [1.29, 1.82) is 0 Å². The minimum absolute atomic E-state index is 0.0290. The molecule has 4 rings (SSSR count). The number of carbonyl (C=O) groups excluding carboxylic acids is 2. The van der Waals surface area contributed by atoms with Crippen molar-refractivity contribution in [1.82, 2.24) is 10.3 Å². The van der Waals surface area contributed by atoms with Gasteiger partial charge in [0.05, 0.1) is 12.3 Å². The average Bonchev–Trinajstić information content (AvgIpc) is 3.20. The summed E-state index contributed by atoms with van der Waals surface area (Å²) in [6.45, 7) is 0.449. The van der Waals surface area contributed by atoms with Crippen molar-refractivity contribution in [3.05, 3.63) is 78.1 Å². The molecule has 1 atom stereocenters. The summed E-state index contributed by atoms with van der Waals surface area (Å²) in [6, 6.07) is 16.9. The third-order valence-electron chi connectivity index (χ3n) is 4.86. The highest BCUT2D eigenvalue weighted by molar-refractivity contribution is 8.00. The topological polar surface area (TPSA) is 94.3 Å². The maximum Gasteiger partial charge on any atom is 0.248 e. The molecule has 7 heteroatoms. The molecule has 152 valence electrons. The zero-order valence-electron chi connectivity index (χ0n) is 16.2. The van der Waals surface area contributed by atoms with Crippen molar-refractivity contribution in [2.24, 2.45) is 5.73 Å². The van der Waals surface area contributed by atoms with Crippen LogP contribution in [-0.2, 0) is 11.2 Å². The number of thioether (sulfide) groups is 1. The third-order valence-corrected chi connectivity index (χ3v) is 5.87. The molecule has 0 saturated carbocycles. The predicted octanol–water partition coefficient (Wildman–Crippen LogP) is 3.06. The molecule has 0 aliphatic carbocycles. The Labute approximate surface area is 178 Å². The molecule has 0 saturated heterocycles. The molecule has 0 radical (unpaired) electrons. The fraction of sp³-hybridized carbons (Fsp3) is 0.174. The Balaban J connectivity index is 1.36. The summed E-state index contributed by atoms with van der Waals surface area (Å²) < 4.78 is 6.16. The summed E-state index contributed by atoms with van der Waals surface area (Å²) in [4.78, 5) is 28.5. The van der Waals surface area contributed by atoms with Crippen LogP contribution in [-0.4, -0.2) is 35.2 Å². The summed E-state index contributed by atoms with van der Waals surface area (Å²) >= 11 is 1.48. The number of nitrogens with zero attached hydrogens (tertiary/aromatic N) is 1. The molecule has 0 fully saturated rings. The van der Waals surface area contributed by atoms with Crippen LogP contribution in [0.4, 0.5) is 0 Å². The second kappa shape index (κ2) is 9.00. The van der Waals surface area contributed by atoms with E-state index in [1.165, 1.54) is 11.8 Å². The van der Waals surface area contributed by atoms with Crippen LogP contribution in [0.15, 0.2) is 71.9 Å². The molecule has 1 unspecified atom stereocenters. The number of aromatic nitrogens is 1. The van der Waals surface area contributed by atoms with Gasteiger partial charge in [0.25, 0.3) is 0 Å². The largest absolute Gasteiger partial charge is 0.487 e. The normalized spacial score (nSPS) is 14.6. The Morgan fingerprint density at radius 1 is 1.10 bits per heavy atom. The van der Waals surface area contributed by atoms with E-state index < -0.39 is 5.91 Å². The predicted molar refractivity (Wildman–Crippen MR) is 116 cm³/mol. The number of benzene rings is 2. The molecule has 2 amide bonds. The number of ether oxygens (including phenoxy) is 1. The van der Waals surface area contributed by atoms with E-state index in [9.17, 15) is 9.59 Å². The van der Waals surface area contributed by atoms with Gasteiger partial charge in [-0.15, -0.1) is 11.8 Å². The molecule has 3 aromatic rings. The van der Waals surface area contributed by atoms with E-state index in [-0.39, 0.29) is 12.0 Å². The first-order valence-electron chi connectivity index (χ1n) is 9.58. The molecule has 0 spiro atoms. The number of nitrogens with one attached hydrogen (secondary N) is 1. The number of carbonyl (C=O) groups is 2. The van der Waals surface area contributed by atoms with E-state index in [0.717, 1.165) is 33.8 Å². The second-order valence-electron chi connectivity index (χ2n) is 6.96. The first-order chi connectivity index (χ1) is 14.6. The van der Waals surface area contributed by atoms with Crippen molar-refractivity contribution in [3.63, 3.8) is 0 Å². The van der Waals surface area contributed by atoms with Gasteiger partial charge in [0.15, 0.2) is 0 Å². The Kier molecular flexibility index (Phi) is 5.99. The van der Waals surface area contributed by atoms with Gasteiger partial charge < -0.3 is 15.8 Å². The molecule has 30 heavy (non-hydrogen) atoms. The number of nitrogens with two attached hydrogens (primary N) is 1. The first-order valence-corrected chi connectivity index (χ1v) is 10.6. The van der Waals surface area contributed by atoms with Crippen LogP contribution in [0.3, 0.4) is 0 Å². The summed E-state index contributed by atoms with van der Waals surface area (Å²) in [5.41, 5.74) is 8.82. The minimum Gasteiger partial charge on any atom is -0.487 e. The van der Waals surface area contributed by atoms with Gasteiger partial charge in [-0.3, -0.25) is 14.6 Å². The van der Waals surface area contributed by atoms with E-state index in [1.54, 1.807) is 24.5 Å². The smallest absolute Gasteiger partial charge is 0.248 e. The molecule has 1 aliphatic heterocycles. The van der Waals surface area contributed by atoms with E-state index in [1.807, 2.05) is 42.5 Å². The van der Waals surface area contributed by atoms with Gasteiger partial charge in [0.2, 0.25) is 11.8 Å². The number of fused-ring (bicyclic) bond motifs is 1. The lowest BCUT2D eigenvalue weighted by Crippen LogP contribution is -2.35. The number of rotatable bonds is 7. The maximum atomic E-state index is 12.2. The van der Waals surface area contributed by atoms with E-state index in [2.05, 4.69) is 10.3 Å². The van der Waals surface area contributed by atoms with Crippen LogP contribution in [0.5, 0.6) is 5.75 Å².